The van der Waals surface area contributed by atoms with Crippen molar-refractivity contribution < 1.29 is 34.1 Å². The van der Waals surface area contributed by atoms with E-state index in [1.165, 1.54) is 13.0 Å². The number of phenolic OH excluding ortho intramolecular Hbond substituents is 1. The summed E-state index contributed by atoms with van der Waals surface area (Å²) in [6.07, 6.45) is 14.3. The molecule has 3 N–H and O–H groups in total. The van der Waals surface area contributed by atoms with Crippen LogP contribution in [0.25, 0.3) is 12.2 Å². The number of aromatic hydroxyl groups is 1. The molecule has 1 aliphatic rings. The Kier molecular flexibility index (Phi) is 12.6. The van der Waals surface area contributed by atoms with Gasteiger partial charge in [0.2, 0.25) is 5.76 Å². The van der Waals surface area contributed by atoms with Gasteiger partial charge >= 0.3 is 5.97 Å². The summed E-state index contributed by atoms with van der Waals surface area (Å²) in [6, 6.07) is 3.29. The molecule has 0 saturated carbocycles. The molecule has 1 heterocycles. The number of aromatic carboxylic acids is 1. The second kappa shape index (κ2) is 16.1. The number of benzene rings is 1. The summed E-state index contributed by atoms with van der Waals surface area (Å²) < 4.78 is 11.6. The molecule has 0 saturated heterocycles. The normalized spacial score (nSPS) is 14.3. The molecule has 0 unspecified atom stereocenters. The highest BCUT2D eigenvalue weighted by Gasteiger charge is 2.29. The molecule has 0 bridgehead atoms. The van der Waals surface area contributed by atoms with Crippen molar-refractivity contribution in [2.24, 2.45) is 0 Å². The number of carboxylic acids is 1. The first-order valence-corrected chi connectivity index (χ1v) is 15.2. The van der Waals surface area contributed by atoms with Gasteiger partial charge in [0.1, 0.15) is 16.9 Å². The Morgan fingerprint density at radius 1 is 1.16 bits per heavy atom. The number of carbonyl (C=O) groups excluding carboxylic acids is 1. The van der Waals surface area contributed by atoms with Crippen molar-refractivity contribution in [1.29, 1.82) is 0 Å². The number of unbranched alkanes of at least 4 members (excludes halogenated alkanes) is 2. The third-order valence-electron chi connectivity index (χ3n) is 7.26. The maximum Gasteiger partial charge on any atom is 0.372 e. The van der Waals surface area contributed by atoms with Crippen molar-refractivity contribution >= 4 is 41.0 Å². The SMILES string of the molecule is CCCC[C@@H](O)[C@@H](/C=C/C=C\CCCOc1ccc(C(C)=O)c(O)c1CCC)c1c(C(=O)O)oc2c(c1=O)=CCC(=S)C=2. The van der Waals surface area contributed by atoms with Crippen molar-refractivity contribution in [2.45, 2.75) is 84.2 Å². The Morgan fingerprint density at radius 3 is 2.60 bits per heavy atom. The summed E-state index contributed by atoms with van der Waals surface area (Å²) in [5, 5.41) is 31.7. The molecular formula is C34H40O8S. The number of aliphatic hydroxyl groups is 1. The van der Waals surface area contributed by atoms with E-state index >= 15 is 0 Å². The van der Waals surface area contributed by atoms with Crippen LogP contribution >= 0.6 is 12.2 Å². The lowest BCUT2D eigenvalue weighted by atomic mass is 9.88. The van der Waals surface area contributed by atoms with Crippen LogP contribution in [-0.4, -0.2) is 44.6 Å². The van der Waals surface area contributed by atoms with E-state index in [2.05, 4.69) is 0 Å². The molecule has 0 amide bonds. The zero-order valence-electron chi connectivity index (χ0n) is 24.9. The summed E-state index contributed by atoms with van der Waals surface area (Å²) in [7, 11) is 0. The summed E-state index contributed by atoms with van der Waals surface area (Å²) in [5.41, 5.74) is 0.489. The van der Waals surface area contributed by atoms with Crippen molar-refractivity contribution in [3.63, 3.8) is 0 Å². The Hall–Kier alpha value is -3.82. The number of ether oxygens (including phenoxy) is 1. The number of aliphatic hydroxyl groups excluding tert-OH is 1. The van der Waals surface area contributed by atoms with E-state index in [0.29, 0.717) is 61.3 Å². The molecule has 43 heavy (non-hydrogen) atoms. The summed E-state index contributed by atoms with van der Waals surface area (Å²) in [6.45, 7) is 5.79. The smallest absolute Gasteiger partial charge is 0.372 e. The zero-order chi connectivity index (χ0) is 31.5. The van der Waals surface area contributed by atoms with E-state index in [9.17, 15) is 29.7 Å². The predicted octanol–water partition coefficient (Wildman–Crippen LogP) is 5.14. The van der Waals surface area contributed by atoms with Crippen molar-refractivity contribution in [3.8, 4) is 11.5 Å². The van der Waals surface area contributed by atoms with Crippen LogP contribution in [0.1, 0.15) is 104 Å². The van der Waals surface area contributed by atoms with Crippen molar-refractivity contribution in [3.05, 3.63) is 79.7 Å². The second-order valence-electron chi connectivity index (χ2n) is 10.6. The Bertz CT molecular complexity index is 1580. The highest BCUT2D eigenvalue weighted by molar-refractivity contribution is 7.81. The highest BCUT2D eigenvalue weighted by atomic mass is 32.1. The van der Waals surface area contributed by atoms with Crippen LogP contribution in [0.4, 0.5) is 0 Å². The minimum absolute atomic E-state index is 0.0222. The van der Waals surface area contributed by atoms with Gasteiger partial charge in [-0.3, -0.25) is 9.59 Å². The van der Waals surface area contributed by atoms with Crippen LogP contribution in [0.2, 0.25) is 0 Å². The van der Waals surface area contributed by atoms with Gasteiger partial charge in [-0.05, 0) is 50.8 Å². The van der Waals surface area contributed by atoms with Gasteiger partial charge < -0.3 is 24.5 Å². The lowest BCUT2D eigenvalue weighted by Crippen LogP contribution is -2.45. The standard InChI is InChI=1S/C34H40O8S/c1-4-6-14-27(36)24(30-32(38)26-16-15-22(43)20-29(26)42-33(30)34(39)40)13-10-8-7-9-11-19-41-28-18-17-23(21(3)35)31(37)25(28)12-5-2/h7-8,10,13,16-18,20,24,27,36-37H,4-6,9,11-12,14-15,19H2,1-3H3,(H,39,40)/b8-7-,13-10+/t24-,27-/m1/s1. The highest BCUT2D eigenvalue weighted by Crippen LogP contribution is 2.33. The molecular weight excluding hydrogens is 568 g/mol. The summed E-state index contributed by atoms with van der Waals surface area (Å²) in [4.78, 5) is 38.0. The molecule has 230 valence electrons. The first-order valence-electron chi connectivity index (χ1n) is 14.8. The van der Waals surface area contributed by atoms with E-state index in [4.69, 9.17) is 21.4 Å². The van der Waals surface area contributed by atoms with Gasteiger partial charge in [0.15, 0.2) is 11.2 Å². The number of carbonyl (C=O) groups is 2. The van der Waals surface area contributed by atoms with Crippen LogP contribution in [0, 0.1) is 0 Å². The van der Waals surface area contributed by atoms with Crippen LogP contribution in [-0.2, 0) is 6.42 Å². The van der Waals surface area contributed by atoms with Crippen molar-refractivity contribution in [1.82, 2.24) is 0 Å². The van der Waals surface area contributed by atoms with Crippen LogP contribution in [0.3, 0.4) is 0 Å². The Labute approximate surface area is 256 Å². The molecule has 3 rings (SSSR count). The van der Waals surface area contributed by atoms with E-state index < -0.39 is 29.2 Å². The average Bonchev–Trinajstić information content (AvgIpc) is 2.96. The molecule has 1 aromatic carbocycles. The van der Waals surface area contributed by atoms with Gasteiger partial charge in [0, 0.05) is 22.8 Å². The van der Waals surface area contributed by atoms with Crippen molar-refractivity contribution in [2.75, 3.05) is 6.61 Å². The Morgan fingerprint density at radius 2 is 1.93 bits per heavy atom. The van der Waals surface area contributed by atoms with Gasteiger partial charge in [0.05, 0.1) is 29.1 Å². The fraction of sp³-hybridized carbons (Fsp3) is 0.412. The molecule has 1 aliphatic carbocycles. The van der Waals surface area contributed by atoms with E-state index in [1.54, 1.807) is 36.4 Å². The lowest BCUT2D eigenvalue weighted by Gasteiger charge is -2.21. The number of ketones is 1. The van der Waals surface area contributed by atoms with Gasteiger partial charge in [-0.25, -0.2) is 4.79 Å². The molecule has 0 aliphatic heterocycles. The molecule has 1 aromatic heterocycles. The number of rotatable bonds is 16. The minimum Gasteiger partial charge on any atom is -0.507 e. The maximum atomic E-state index is 13.5. The van der Waals surface area contributed by atoms with Gasteiger partial charge in [-0.2, -0.15) is 0 Å². The van der Waals surface area contributed by atoms with Crippen LogP contribution in [0.5, 0.6) is 11.5 Å². The van der Waals surface area contributed by atoms with E-state index in [1.807, 2.05) is 19.9 Å². The third kappa shape index (κ3) is 8.61. The fourth-order valence-corrected chi connectivity index (χ4v) is 5.22. The number of carboxylic acid groups (broad SMARTS) is 1. The zero-order valence-corrected chi connectivity index (χ0v) is 25.7. The first kappa shape index (κ1) is 33.7. The fourth-order valence-electron chi connectivity index (χ4n) is 5.03. The van der Waals surface area contributed by atoms with E-state index in [-0.39, 0.29) is 33.3 Å². The van der Waals surface area contributed by atoms with Gasteiger partial charge in [-0.15, -0.1) is 0 Å². The molecule has 0 fully saturated rings. The second-order valence-corrected chi connectivity index (χ2v) is 11.1. The molecule has 2 aromatic rings. The Balaban J connectivity index is 1.75. The van der Waals surface area contributed by atoms with Gasteiger partial charge in [-0.1, -0.05) is 75.7 Å². The quantitative estimate of drug-likeness (QED) is 0.102. The molecule has 8 nitrogen and oxygen atoms in total. The summed E-state index contributed by atoms with van der Waals surface area (Å²) in [5.74, 6) is -2.42. The topological polar surface area (TPSA) is 134 Å². The third-order valence-corrected chi connectivity index (χ3v) is 7.55. The monoisotopic (exact) mass is 608 g/mol. The van der Waals surface area contributed by atoms with Gasteiger partial charge in [0.25, 0.3) is 0 Å². The number of hydrogen-bond acceptors (Lipinski definition) is 8. The molecule has 9 heteroatoms. The number of hydrogen-bond donors (Lipinski definition) is 3. The van der Waals surface area contributed by atoms with Crippen LogP contribution in [0.15, 0.2) is 45.6 Å². The molecule has 0 radical (unpaired) electrons. The molecule has 0 spiro atoms. The minimum atomic E-state index is -1.39. The predicted molar refractivity (Wildman–Crippen MR) is 171 cm³/mol. The lowest BCUT2D eigenvalue weighted by molar-refractivity contribution is 0.0650. The largest absolute Gasteiger partial charge is 0.507 e. The molecule has 2 atom stereocenters. The summed E-state index contributed by atoms with van der Waals surface area (Å²) >= 11 is 5.19. The number of Topliss-reactive ketones (excluding diaryl/α,β-unsaturated/α-hetero) is 1. The average molecular weight is 609 g/mol. The maximum absolute atomic E-state index is 13.5. The first-order chi connectivity index (χ1) is 20.6. The van der Waals surface area contributed by atoms with Crippen LogP contribution < -0.4 is 20.8 Å². The van der Waals surface area contributed by atoms with E-state index in [0.717, 1.165) is 12.8 Å². The number of fused-ring (bicyclic) bond motifs is 1. The number of thiocarbonyl (C=S) groups is 1. The number of phenols is 1. The number of allylic oxidation sites excluding steroid dienone is 3.